The summed E-state index contributed by atoms with van der Waals surface area (Å²) in [5, 5.41) is 3.58. The summed E-state index contributed by atoms with van der Waals surface area (Å²) in [6.07, 6.45) is 2.44. The highest BCUT2D eigenvalue weighted by molar-refractivity contribution is 5.78. The first-order valence-electron chi connectivity index (χ1n) is 8.53. The second-order valence-corrected chi connectivity index (χ2v) is 6.53. The highest BCUT2D eigenvalue weighted by atomic mass is 16.2. The number of hydrogen-bond donors (Lipinski definition) is 1. The van der Waals surface area contributed by atoms with Crippen molar-refractivity contribution in [2.75, 3.05) is 32.7 Å². The average Bonchev–Trinajstić information content (AvgIpc) is 3.01. The Bertz CT molecular complexity index is 490. The Morgan fingerprint density at radius 1 is 1.32 bits per heavy atom. The predicted octanol–water partition coefficient (Wildman–Crippen LogP) is 1.72. The molecule has 22 heavy (non-hydrogen) atoms. The average molecular weight is 301 g/mol. The number of nitrogens with zero attached hydrogens (tertiary/aromatic N) is 2. The molecule has 0 aliphatic carbocycles. The molecule has 2 saturated heterocycles. The molecule has 1 amide bonds. The number of carbonyl (C=O) groups excluding carboxylic acids is 1. The number of rotatable bonds is 5. The van der Waals surface area contributed by atoms with Crippen LogP contribution in [-0.2, 0) is 11.3 Å². The Labute approximate surface area is 133 Å². The number of likely N-dealkylation sites (tertiary alicyclic amines) is 1. The molecule has 0 saturated carbocycles. The molecule has 120 valence electrons. The number of nitrogens with one attached hydrogen (secondary N) is 1. The van der Waals surface area contributed by atoms with Crippen molar-refractivity contribution in [3.05, 3.63) is 35.9 Å². The van der Waals surface area contributed by atoms with Gasteiger partial charge in [0.2, 0.25) is 5.91 Å². The highest BCUT2D eigenvalue weighted by Crippen LogP contribution is 2.24. The van der Waals surface area contributed by atoms with Crippen LogP contribution in [-0.4, -0.2) is 54.5 Å². The van der Waals surface area contributed by atoms with Crippen molar-refractivity contribution in [3.63, 3.8) is 0 Å². The van der Waals surface area contributed by atoms with Crippen molar-refractivity contribution in [3.8, 4) is 0 Å². The molecule has 2 aliphatic heterocycles. The standard InChI is InChI=1S/C18H27N3O/c1-2-21(12-15-6-4-3-5-7-15)18(22)14-20-11-9-17-16(13-20)8-10-19-17/h3-7,16-17,19H,2,8-14H2,1H3. The van der Waals surface area contributed by atoms with E-state index < -0.39 is 0 Å². The molecule has 0 bridgehead atoms. The smallest absolute Gasteiger partial charge is 0.237 e. The van der Waals surface area contributed by atoms with Crippen LogP contribution in [0.4, 0.5) is 0 Å². The summed E-state index contributed by atoms with van der Waals surface area (Å²) in [7, 11) is 0. The predicted molar refractivity (Wildman–Crippen MR) is 88.5 cm³/mol. The van der Waals surface area contributed by atoms with Crippen LogP contribution in [0.5, 0.6) is 0 Å². The second kappa shape index (κ2) is 7.25. The first-order chi connectivity index (χ1) is 10.8. The van der Waals surface area contributed by atoms with Crippen molar-refractivity contribution < 1.29 is 4.79 Å². The lowest BCUT2D eigenvalue weighted by molar-refractivity contribution is -0.133. The Morgan fingerprint density at radius 3 is 2.91 bits per heavy atom. The van der Waals surface area contributed by atoms with E-state index in [4.69, 9.17) is 0 Å². The topological polar surface area (TPSA) is 35.6 Å². The summed E-state index contributed by atoms with van der Waals surface area (Å²) in [6, 6.07) is 11.0. The van der Waals surface area contributed by atoms with Crippen molar-refractivity contribution in [1.82, 2.24) is 15.1 Å². The number of hydrogen-bond acceptors (Lipinski definition) is 3. The van der Waals surface area contributed by atoms with E-state index >= 15 is 0 Å². The monoisotopic (exact) mass is 301 g/mol. The normalized spacial score (nSPS) is 25.0. The summed E-state index contributed by atoms with van der Waals surface area (Å²) in [5.74, 6) is 1.00. The molecule has 1 N–H and O–H groups in total. The van der Waals surface area contributed by atoms with Gasteiger partial charge in [0, 0.05) is 32.2 Å². The number of carbonyl (C=O) groups is 1. The number of benzene rings is 1. The molecule has 2 heterocycles. The molecule has 1 aromatic carbocycles. The highest BCUT2D eigenvalue weighted by Gasteiger charge is 2.33. The van der Waals surface area contributed by atoms with Crippen LogP contribution in [0.15, 0.2) is 30.3 Å². The van der Waals surface area contributed by atoms with Gasteiger partial charge in [-0.1, -0.05) is 30.3 Å². The maximum Gasteiger partial charge on any atom is 0.237 e. The van der Waals surface area contributed by atoms with Crippen molar-refractivity contribution in [1.29, 1.82) is 0 Å². The summed E-state index contributed by atoms with van der Waals surface area (Å²) in [6.45, 7) is 7.39. The fourth-order valence-corrected chi connectivity index (χ4v) is 3.74. The van der Waals surface area contributed by atoms with Gasteiger partial charge in [0.15, 0.2) is 0 Å². The molecular formula is C18H27N3O. The molecular weight excluding hydrogens is 274 g/mol. The summed E-state index contributed by atoms with van der Waals surface area (Å²) in [4.78, 5) is 16.9. The Morgan fingerprint density at radius 2 is 2.14 bits per heavy atom. The van der Waals surface area contributed by atoms with Gasteiger partial charge < -0.3 is 10.2 Å². The number of piperidine rings is 1. The van der Waals surface area contributed by atoms with Gasteiger partial charge in [-0.05, 0) is 37.8 Å². The van der Waals surface area contributed by atoms with Gasteiger partial charge in [-0.2, -0.15) is 0 Å². The fraction of sp³-hybridized carbons (Fsp3) is 0.611. The van der Waals surface area contributed by atoms with Crippen LogP contribution in [0, 0.1) is 5.92 Å². The van der Waals surface area contributed by atoms with Crippen molar-refractivity contribution in [2.24, 2.45) is 5.92 Å². The first kappa shape index (κ1) is 15.5. The zero-order valence-corrected chi connectivity index (χ0v) is 13.5. The molecule has 2 unspecified atom stereocenters. The lowest BCUT2D eigenvalue weighted by atomic mass is 9.93. The Kier molecular flexibility index (Phi) is 5.11. The molecule has 2 fully saturated rings. The molecule has 3 rings (SSSR count). The van der Waals surface area contributed by atoms with Crippen molar-refractivity contribution >= 4 is 5.91 Å². The Hall–Kier alpha value is -1.39. The quantitative estimate of drug-likeness (QED) is 0.899. The maximum absolute atomic E-state index is 12.6. The van der Waals surface area contributed by atoms with E-state index in [0.29, 0.717) is 12.6 Å². The van der Waals surface area contributed by atoms with Crippen LogP contribution >= 0.6 is 0 Å². The molecule has 4 heteroatoms. The number of amides is 1. The van der Waals surface area contributed by atoms with Crippen LogP contribution in [0.25, 0.3) is 0 Å². The first-order valence-corrected chi connectivity index (χ1v) is 8.53. The van der Waals surface area contributed by atoms with Gasteiger partial charge in [-0.3, -0.25) is 9.69 Å². The maximum atomic E-state index is 12.6. The molecule has 0 aromatic heterocycles. The van der Waals surface area contributed by atoms with Crippen molar-refractivity contribution in [2.45, 2.75) is 32.4 Å². The summed E-state index contributed by atoms with van der Waals surface area (Å²) < 4.78 is 0. The zero-order chi connectivity index (χ0) is 15.4. The molecule has 2 aliphatic rings. The van der Waals surface area contributed by atoms with Crippen LogP contribution in [0.3, 0.4) is 0 Å². The minimum atomic E-state index is 0.260. The van der Waals surface area contributed by atoms with Gasteiger partial charge in [-0.15, -0.1) is 0 Å². The fourth-order valence-electron chi connectivity index (χ4n) is 3.74. The third-order valence-corrected chi connectivity index (χ3v) is 5.05. The van der Waals surface area contributed by atoms with Crippen LogP contribution < -0.4 is 5.32 Å². The Balaban J connectivity index is 1.53. The van der Waals surface area contributed by atoms with Crippen LogP contribution in [0.1, 0.15) is 25.3 Å². The zero-order valence-electron chi connectivity index (χ0n) is 13.5. The molecule has 0 radical (unpaired) electrons. The van der Waals surface area contributed by atoms with Gasteiger partial charge in [-0.25, -0.2) is 0 Å². The minimum Gasteiger partial charge on any atom is -0.338 e. The van der Waals surface area contributed by atoms with E-state index in [9.17, 15) is 4.79 Å². The third kappa shape index (κ3) is 3.68. The van der Waals surface area contributed by atoms with E-state index in [1.165, 1.54) is 18.4 Å². The molecule has 0 spiro atoms. The van der Waals surface area contributed by atoms with Crippen LogP contribution in [0.2, 0.25) is 0 Å². The van der Waals surface area contributed by atoms with Gasteiger partial charge in [0.1, 0.15) is 0 Å². The van der Waals surface area contributed by atoms with Gasteiger partial charge in [0.25, 0.3) is 0 Å². The van der Waals surface area contributed by atoms with E-state index in [0.717, 1.165) is 38.6 Å². The lowest BCUT2D eigenvalue weighted by Crippen LogP contribution is -2.48. The minimum absolute atomic E-state index is 0.260. The molecule has 1 aromatic rings. The number of likely N-dealkylation sites (N-methyl/N-ethyl adjacent to an activating group) is 1. The SMILES string of the molecule is CCN(Cc1ccccc1)C(=O)CN1CCC2NCCC2C1. The van der Waals surface area contributed by atoms with E-state index in [-0.39, 0.29) is 5.91 Å². The van der Waals surface area contributed by atoms with Gasteiger partial charge >= 0.3 is 0 Å². The largest absolute Gasteiger partial charge is 0.338 e. The number of fused-ring (bicyclic) bond motifs is 1. The third-order valence-electron chi connectivity index (χ3n) is 5.05. The van der Waals surface area contributed by atoms with E-state index in [1.807, 2.05) is 23.1 Å². The van der Waals surface area contributed by atoms with E-state index in [1.54, 1.807) is 0 Å². The molecule has 2 atom stereocenters. The summed E-state index contributed by atoms with van der Waals surface area (Å²) >= 11 is 0. The summed E-state index contributed by atoms with van der Waals surface area (Å²) in [5.41, 5.74) is 1.21. The molecule has 4 nitrogen and oxygen atoms in total. The van der Waals surface area contributed by atoms with Gasteiger partial charge in [0.05, 0.1) is 6.54 Å². The van der Waals surface area contributed by atoms with E-state index in [2.05, 4.69) is 29.3 Å². The lowest BCUT2D eigenvalue weighted by Gasteiger charge is -2.35. The second-order valence-electron chi connectivity index (χ2n) is 6.53.